The van der Waals surface area contributed by atoms with Crippen molar-refractivity contribution in [2.24, 2.45) is 27.7 Å². The van der Waals surface area contributed by atoms with Gasteiger partial charge in [-0.05, 0) is 37.0 Å². The molecule has 1 spiro atoms. The molecule has 0 radical (unpaired) electrons. The molecule has 4 aliphatic rings. The minimum atomic E-state index is -3.84. The lowest BCUT2D eigenvalue weighted by Crippen LogP contribution is -2.47. The van der Waals surface area contributed by atoms with Crippen molar-refractivity contribution in [2.75, 3.05) is 5.75 Å². The summed E-state index contributed by atoms with van der Waals surface area (Å²) in [6, 6.07) is 16.9. The van der Waals surface area contributed by atoms with Gasteiger partial charge in [-0.3, -0.25) is 19.9 Å². The first kappa shape index (κ1) is 25.2. The van der Waals surface area contributed by atoms with Gasteiger partial charge >= 0.3 is 0 Å². The van der Waals surface area contributed by atoms with Crippen molar-refractivity contribution in [3.8, 4) is 0 Å². The van der Waals surface area contributed by atoms with E-state index in [1.54, 1.807) is 0 Å². The number of fused-ring (bicyclic) bond motifs is 1. The van der Waals surface area contributed by atoms with Gasteiger partial charge in [0.05, 0.1) is 17.5 Å². The first-order valence-corrected chi connectivity index (χ1v) is 15.0. The Kier molecular flexibility index (Phi) is 5.79. The molecule has 1 heterocycles. The maximum Gasteiger partial charge on any atom is 0.261 e. The molecule has 2 aromatic carbocycles. The summed E-state index contributed by atoms with van der Waals surface area (Å²) in [5.41, 5.74) is 1.60. The van der Waals surface area contributed by atoms with Crippen LogP contribution in [0.2, 0.25) is 0 Å². The topological polar surface area (TPSA) is 110 Å². The van der Waals surface area contributed by atoms with Crippen LogP contribution in [-0.4, -0.2) is 53.1 Å². The van der Waals surface area contributed by atoms with Crippen molar-refractivity contribution in [3.05, 3.63) is 81.9 Å². The van der Waals surface area contributed by atoms with Gasteiger partial charge in [-0.25, -0.2) is 12.7 Å². The van der Waals surface area contributed by atoms with E-state index >= 15 is 0 Å². The van der Waals surface area contributed by atoms with Gasteiger partial charge in [0.25, 0.3) is 5.91 Å². The zero-order valence-electron chi connectivity index (χ0n) is 21.7. The molecule has 8 nitrogen and oxygen atoms in total. The summed E-state index contributed by atoms with van der Waals surface area (Å²) in [5.74, 6) is -0.465. The van der Waals surface area contributed by atoms with Gasteiger partial charge in [-0.15, -0.1) is 0 Å². The van der Waals surface area contributed by atoms with E-state index in [9.17, 15) is 23.3 Å². The maximum absolute atomic E-state index is 14.3. The minimum Gasteiger partial charge on any atom is -0.271 e. The normalized spacial score (nSPS) is 32.4. The Hall–Kier alpha value is -3.07. The van der Waals surface area contributed by atoms with E-state index < -0.39 is 33.4 Å². The van der Waals surface area contributed by atoms with E-state index in [4.69, 9.17) is 4.99 Å². The van der Waals surface area contributed by atoms with Crippen molar-refractivity contribution in [1.29, 1.82) is 0 Å². The molecular weight excluding hydrogens is 502 g/mol. The van der Waals surface area contributed by atoms with Crippen LogP contribution < -0.4 is 0 Å². The summed E-state index contributed by atoms with van der Waals surface area (Å²) in [5, 5.41) is 11.4. The molecule has 1 unspecified atom stereocenters. The fraction of sp³-hybridized carbons (Fsp3) is 0.517. The predicted octanol–water partition coefficient (Wildman–Crippen LogP) is 4.31. The molecule has 3 aliphatic carbocycles. The predicted molar refractivity (Wildman–Crippen MR) is 144 cm³/mol. The highest BCUT2D eigenvalue weighted by Gasteiger charge is 2.72. The van der Waals surface area contributed by atoms with Crippen molar-refractivity contribution >= 4 is 21.6 Å². The van der Waals surface area contributed by atoms with Crippen molar-refractivity contribution < 1.29 is 18.1 Å². The van der Waals surface area contributed by atoms with E-state index in [1.807, 2.05) is 60.7 Å². The van der Waals surface area contributed by atoms with Crippen molar-refractivity contribution in [2.45, 2.75) is 64.1 Å². The Morgan fingerprint density at radius 3 is 2.21 bits per heavy atom. The third-order valence-electron chi connectivity index (χ3n) is 9.97. The summed E-state index contributed by atoms with van der Waals surface area (Å²) in [6.45, 7) is 4.30. The summed E-state index contributed by atoms with van der Waals surface area (Å²) in [4.78, 5) is 30.4. The maximum atomic E-state index is 14.3. The minimum absolute atomic E-state index is 0.0124. The second kappa shape index (κ2) is 8.73. The number of benzene rings is 2. The van der Waals surface area contributed by atoms with Crippen LogP contribution >= 0.6 is 0 Å². The number of rotatable bonds is 7. The average Bonchev–Trinajstić information content (AvgIpc) is 3.51. The molecule has 3 saturated carbocycles. The van der Waals surface area contributed by atoms with Gasteiger partial charge in [-0.2, -0.15) is 0 Å². The number of hydrogen-bond acceptors (Lipinski definition) is 6. The Morgan fingerprint density at radius 2 is 1.68 bits per heavy atom. The lowest BCUT2D eigenvalue weighted by molar-refractivity contribution is -0.498. The fourth-order valence-corrected chi connectivity index (χ4v) is 10.2. The Balaban J connectivity index is 1.43. The number of sulfonamides is 1. The number of nitrogens with zero attached hydrogens (tertiary/aromatic N) is 3. The monoisotopic (exact) mass is 535 g/mol. The van der Waals surface area contributed by atoms with Crippen LogP contribution in [0.1, 0.15) is 57.1 Å². The first-order valence-electron chi connectivity index (χ1n) is 13.4. The second-order valence-corrected chi connectivity index (χ2v) is 13.9. The third-order valence-corrected chi connectivity index (χ3v) is 11.9. The van der Waals surface area contributed by atoms with Crippen LogP contribution in [0.3, 0.4) is 0 Å². The molecule has 0 N–H and O–H groups in total. The fourth-order valence-electron chi connectivity index (χ4n) is 7.63. The van der Waals surface area contributed by atoms with Crippen LogP contribution in [0.25, 0.3) is 0 Å². The number of amides is 1. The number of carbonyl (C=O) groups is 1. The third kappa shape index (κ3) is 3.81. The van der Waals surface area contributed by atoms with Crippen LogP contribution in [0.5, 0.6) is 0 Å². The molecule has 38 heavy (non-hydrogen) atoms. The van der Waals surface area contributed by atoms with Gasteiger partial charge in [0.1, 0.15) is 6.04 Å². The van der Waals surface area contributed by atoms with Crippen LogP contribution in [0.4, 0.5) is 0 Å². The average molecular weight is 536 g/mol. The number of carbonyl (C=O) groups excluding carboxylic acids is 1. The largest absolute Gasteiger partial charge is 0.271 e. The molecule has 1 aliphatic heterocycles. The molecule has 9 heteroatoms. The standard InChI is InChI=1S/C29H33N3O5S/c1-28(2)22-13-14-29(28)18-38(36,37)31(25(29)17-22)27(33)23(15-21-16-24(21)32(34)35)30-26(19-9-5-3-6-10-19)20-11-7-4-8-12-20/h3-12,21-25H,13-18H2,1-2H3/t21-,22+,23?,24-,25+,29+/m0/s1. The number of nitro groups is 1. The highest BCUT2D eigenvalue weighted by atomic mass is 32.2. The van der Waals surface area contributed by atoms with Gasteiger partial charge in [0.2, 0.25) is 16.1 Å². The lowest BCUT2D eigenvalue weighted by Gasteiger charge is -2.37. The highest BCUT2D eigenvalue weighted by molar-refractivity contribution is 7.90. The summed E-state index contributed by atoms with van der Waals surface area (Å²) in [6.07, 6.45) is 3.01. The molecule has 1 amide bonds. The van der Waals surface area contributed by atoms with E-state index in [0.29, 0.717) is 24.5 Å². The lowest BCUT2D eigenvalue weighted by atomic mass is 9.69. The van der Waals surface area contributed by atoms with Crippen molar-refractivity contribution in [3.63, 3.8) is 0 Å². The quantitative estimate of drug-likeness (QED) is 0.298. The van der Waals surface area contributed by atoms with Gasteiger partial charge in [0, 0.05) is 33.8 Å². The Bertz CT molecular complexity index is 1370. The van der Waals surface area contributed by atoms with Gasteiger partial charge in [0.15, 0.2) is 0 Å². The molecule has 200 valence electrons. The van der Waals surface area contributed by atoms with Crippen LogP contribution in [-0.2, 0) is 14.8 Å². The van der Waals surface area contributed by atoms with Gasteiger partial charge in [-0.1, -0.05) is 74.5 Å². The van der Waals surface area contributed by atoms with Gasteiger partial charge < -0.3 is 0 Å². The first-order chi connectivity index (χ1) is 18.0. The summed E-state index contributed by atoms with van der Waals surface area (Å²) < 4.78 is 28.4. The number of hydrogen-bond donors (Lipinski definition) is 0. The van der Waals surface area contributed by atoms with E-state index in [2.05, 4.69) is 13.8 Å². The van der Waals surface area contributed by atoms with Crippen molar-refractivity contribution in [1.82, 2.24) is 4.31 Å². The van der Waals surface area contributed by atoms with Crippen LogP contribution in [0, 0.1) is 32.8 Å². The molecule has 2 aromatic rings. The summed E-state index contributed by atoms with van der Waals surface area (Å²) >= 11 is 0. The smallest absolute Gasteiger partial charge is 0.261 e. The van der Waals surface area contributed by atoms with E-state index in [0.717, 1.165) is 24.0 Å². The second-order valence-electron chi connectivity index (χ2n) is 12.1. The van der Waals surface area contributed by atoms with E-state index in [1.165, 1.54) is 4.31 Å². The zero-order valence-corrected chi connectivity index (χ0v) is 22.5. The zero-order chi connectivity index (χ0) is 26.9. The molecule has 2 bridgehead atoms. The molecule has 6 atom stereocenters. The summed E-state index contributed by atoms with van der Waals surface area (Å²) in [7, 11) is -3.84. The molecule has 1 saturated heterocycles. The Morgan fingerprint density at radius 1 is 1.08 bits per heavy atom. The molecule has 4 fully saturated rings. The molecular formula is C29H33N3O5S. The highest BCUT2D eigenvalue weighted by Crippen LogP contribution is 2.70. The van der Waals surface area contributed by atoms with E-state index in [-0.39, 0.29) is 34.5 Å². The molecule has 6 rings (SSSR count). The Labute approximate surface area is 223 Å². The SMILES string of the molecule is CC1(C)[C@@H]2CC[C@]13CS(=O)(=O)N(C(=O)C(C[C@H]1C[C@@H]1[N+](=O)[O-])N=C(c1ccccc1)c1ccccc1)[C@@H]3C2. The number of aliphatic imine (C=N–C) groups is 1. The van der Waals surface area contributed by atoms with Crippen LogP contribution in [0.15, 0.2) is 65.7 Å². The molecule has 0 aromatic heterocycles.